The van der Waals surface area contributed by atoms with Gasteiger partial charge in [0.15, 0.2) is 0 Å². The molecular formula is C21H28O3. The Labute approximate surface area is 145 Å². The predicted molar refractivity (Wildman–Crippen MR) is 100 cm³/mol. The van der Waals surface area contributed by atoms with Crippen LogP contribution in [0.15, 0.2) is 61.2 Å². The molecule has 3 nitrogen and oxygen atoms in total. The molecular weight excluding hydrogens is 300 g/mol. The number of rotatable bonds is 6. The first-order valence-corrected chi connectivity index (χ1v) is 7.73. The molecule has 0 amide bonds. The van der Waals surface area contributed by atoms with Crippen molar-refractivity contribution in [3.63, 3.8) is 0 Å². The molecule has 1 fully saturated rings. The van der Waals surface area contributed by atoms with Crippen LogP contribution in [-0.2, 0) is 17.6 Å². The minimum absolute atomic E-state index is 0. The largest absolute Gasteiger partial charge is 0.497 e. The fourth-order valence-corrected chi connectivity index (χ4v) is 2.14. The minimum Gasteiger partial charge on any atom is -0.497 e. The second-order valence-electron chi connectivity index (χ2n) is 5.35. The molecule has 3 rings (SSSR count). The molecule has 0 aromatic heterocycles. The Morgan fingerprint density at radius 3 is 1.79 bits per heavy atom. The van der Waals surface area contributed by atoms with E-state index in [1.807, 2.05) is 42.5 Å². The van der Waals surface area contributed by atoms with E-state index in [0.29, 0.717) is 6.10 Å². The van der Waals surface area contributed by atoms with Crippen LogP contribution < -0.4 is 9.47 Å². The molecule has 0 radical (unpaired) electrons. The molecule has 0 bridgehead atoms. The van der Waals surface area contributed by atoms with E-state index in [2.05, 4.69) is 18.7 Å². The summed E-state index contributed by atoms with van der Waals surface area (Å²) in [5, 5.41) is 0. The maximum Gasteiger partial charge on any atom is 0.118 e. The van der Waals surface area contributed by atoms with Gasteiger partial charge in [-0.25, -0.2) is 0 Å². The zero-order valence-corrected chi connectivity index (χ0v) is 13.8. The maximum atomic E-state index is 5.14. The Kier molecular flexibility index (Phi) is 8.66. The molecule has 1 saturated heterocycles. The number of ether oxygens (including phenoxy) is 3. The van der Waals surface area contributed by atoms with E-state index in [9.17, 15) is 0 Å². The lowest BCUT2D eigenvalue weighted by molar-refractivity contribution is 0.406. The van der Waals surface area contributed by atoms with Gasteiger partial charge in [0, 0.05) is 6.42 Å². The molecule has 0 saturated carbocycles. The van der Waals surface area contributed by atoms with Gasteiger partial charge in [0.25, 0.3) is 0 Å². The number of allylic oxidation sites excluding steroid dienone is 1. The summed E-state index contributed by atoms with van der Waals surface area (Å²) in [5.41, 5.74) is 2.58. The van der Waals surface area contributed by atoms with E-state index < -0.39 is 0 Å². The first kappa shape index (κ1) is 19.8. The Hall–Kier alpha value is -2.26. The van der Waals surface area contributed by atoms with E-state index in [0.717, 1.165) is 30.9 Å². The lowest BCUT2D eigenvalue weighted by atomic mass is 10.1. The van der Waals surface area contributed by atoms with Crippen LogP contribution in [0.4, 0.5) is 0 Å². The van der Waals surface area contributed by atoms with Gasteiger partial charge in [0.05, 0.1) is 26.9 Å². The molecule has 0 spiro atoms. The summed E-state index contributed by atoms with van der Waals surface area (Å²) in [6.07, 6.45) is 4.31. The summed E-state index contributed by atoms with van der Waals surface area (Å²) in [6.45, 7) is 4.59. The minimum atomic E-state index is 0. The number of hydrogen-bond donors (Lipinski definition) is 0. The van der Waals surface area contributed by atoms with Gasteiger partial charge in [0.2, 0.25) is 0 Å². The van der Waals surface area contributed by atoms with Crippen molar-refractivity contribution in [3.8, 4) is 11.5 Å². The summed E-state index contributed by atoms with van der Waals surface area (Å²) in [4.78, 5) is 0. The monoisotopic (exact) mass is 328 g/mol. The predicted octanol–water partition coefficient (Wildman–Crippen LogP) is 4.70. The van der Waals surface area contributed by atoms with E-state index in [-0.39, 0.29) is 7.43 Å². The molecule has 1 heterocycles. The van der Waals surface area contributed by atoms with Gasteiger partial charge < -0.3 is 14.2 Å². The smallest absolute Gasteiger partial charge is 0.118 e. The second kappa shape index (κ2) is 10.5. The number of hydrogen-bond acceptors (Lipinski definition) is 3. The first-order valence-electron chi connectivity index (χ1n) is 7.73. The molecule has 0 aliphatic carbocycles. The Morgan fingerprint density at radius 2 is 1.42 bits per heavy atom. The first-order chi connectivity index (χ1) is 11.2. The quantitative estimate of drug-likeness (QED) is 0.569. The van der Waals surface area contributed by atoms with Crippen LogP contribution in [0, 0.1) is 0 Å². The Morgan fingerprint density at radius 1 is 0.958 bits per heavy atom. The summed E-state index contributed by atoms with van der Waals surface area (Å²) >= 11 is 0. The van der Waals surface area contributed by atoms with E-state index in [1.54, 1.807) is 14.2 Å². The Balaban J connectivity index is 0.000000232. The molecule has 2 aromatic carbocycles. The van der Waals surface area contributed by atoms with Crippen molar-refractivity contribution < 1.29 is 14.2 Å². The van der Waals surface area contributed by atoms with Gasteiger partial charge in [0.1, 0.15) is 11.5 Å². The summed E-state index contributed by atoms with van der Waals surface area (Å²) < 4.78 is 15.2. The normalized spacial score (nSPS) is 14.5. The maximum absolute atomic E-state index is 5.14. The third-order valence-electron chi connectivity index (χ3n) is 3.56. The van der Waals surface area contributed by atoms with Crippen molar-refractivity contribution >= 4 is 0 Å². The average molecular weight is 328 g/mol. The molecule has 1 aliphatic rings. The summed E-state index contributed by atoms with van der Waals surface area (Å²) in [7, 11) is 3.35. The van der Waals surface area contributed by atoms with Gasteiger partial charge in [-0.15, -0.1) is 6.58 Å². The summed E-state index contributed by atoms with van der Waals surface area (Å²) in [6, 6.07) is 16.1. The number of epoxide rings is 1. The lowest BCUT2D eigenvalue weighted by Crippen LogP contribution is -1.92. The third kappa shape index (κ3) is 6.88. The molecule has 2 aromatic rings. The van der Waals surface area contributed by atoms with Crippen molar-refractivity contribution in [2.24, 2.45) is 0 Å². The highest BCUT2D eigenvalue weighted by atomic mass is 16.6. The van der Waals surface area contributed by atoms with Crippen LogP contribution in [0.25, 0.3) is 0 Å². The standard InChI is InChI=1S/C10H12O2.C10H12O.CH4/c1-11-9-4-2-8(3-5-9)6-10-7-12-10;1-3-4-9-5-7-10(11-2)8-6-9;/h2-5,10H,6-7H2,1H3;3,5-8H,1,4H2,2H3;1H4. The van der Waals surface area contributed by atoms with Gasteiger partial charge in [-0.1, -0.05) is 37.8 Å². The van der Waals surface area contributed by atoms with Gasteiger partial charge in [-0.2, -0.15) is 0 Å². The highest BCUT2D eigenvalue weighted by Crippen LogP contribution is 2.18. The third-order valence-corrected chi connectivity index (χ3v) is 3.56. The van der Waals surface area contributed by atoms with Crippen LogP contribution in [0.5, 0.6) is 11.5 Å². The zero-order chi connectivity index (χ0) is 16.5. The van der Waals surface area contributed by atoms with E-state index >= 15 is 0 Å². The van der Waals surface area contributed by atoms with E-state index in [4.69, 9.17) is 14.2 Å². The Bertz CT molecular complexity index is 583. The molecule has 1 unspecified atom stereocenters. The van der Waals surface area contributed by atoms with Crippen molar-refractivity contribution in [1.29, 1.82) is 0 Å². The molecule has 24 heavy (non-hydrogen) atoms. The molecule has 0 N–H and O–H groups in total. The van der Waals surface area contributed by atoms with Crippen LogP contribution in [-0.4, -0.2) is 26.9 Å². The van der Waals surface area contributed by atoms with Crippen molar-refractivity contribution in [2.45, 2.75) is 26.4 Å². The van der Waals surface area contributed by atoms with Crippen LogP contribution >= 0.6 is 0 Å². The highest BCUT2D eigenvalue weighted by molar-refractivity contribution is 5.28. The van der Waals surface area contributed by atoms with Gasteiger partial charge in [-0.05, 0) is 41.8 Å². The van der Waals surface area contributed by atoms with Crippen LogP contribution in [0.1, 0.15) is 18.6 Å². The lowest BCUT2D eigenvalue weighted by Gasteiger charge is -2.00. The van der Waals surface area contributed by atoms with Crippen molar-refractivity contribution in [3.05, 3.63) is 72.3 Å². The topological polar surface area (TPSA) is 31.0 Å². The average Bonchev–Trinajstić information content (AvgIpc) is 3.41. The zero-order valence-electron chi connectivity index (χ0n) is 13.8. The SMILES string of the molecule is C.C=CCc1ccc(OC)cc1.COc1ccc(CC2CO2)cc1. The second-order valence-corrected chi connectivity index (χ2v) is 5.35. The van der Waals surface area contributed by atoms with Crippen LogP contribution in [0.3, 0.4) is 0 Å². The van der Waals surface area contributed by atoms with Crippen molar-refractivity contribution in [1.82, 2.24) is 0 Å². The molecule has 130 valence electrons. The highest BCUT2D eigenvalue weighted by Gasteiger charge is 2.22. The van der Waals surface area contributed by atoms with Gasteiger partial charge in [-0.3, -0.25) is 0 Å². The van der Waals surface area contributed by atoms with E-state index in [1.165, 1.54) is 11.1 Å². The molecule has 1 atom stereocenters. The fraction of sp³-hybridized carbons (Fsp3) is 0.333. The summed E-state index contributed by atoms with van der Waals surface area (Å²) in [5.74, 6) is 1.81. The number of benzene rings is 2. The number of methoxy groups -OCH3 is 2. The van der Waals surface area contributed by atoms with Crippen molar-refractivity contribution in [2.75, 3.05) is 20.8 Å². The molecule has 1 aliphatic heterocycles. The van der Waals surface area contributed by atoms with Gasteiger partial charge >= 0.3 is 0 Å². The molecule has 3 heteroatoms. The fourth-order valence-electron chi connectivity index (χ4n) is 2.14. The van der Waals surface area contributed by atoms with Crippen LogP contribution in [0.2, 0.25) is 0 Å².